The number of unbranched alkanes of at least 4 members (excludes halogenated alkanes) is 2. The quantitative estimate of drug-likeness (QED) is 0.0999. The van der Waals surface area contributed by atoms with Gasteiger partial charge in [-0.2, -0.15) is 8.42 Å². The van der Waals surface area contributed by atoms with Crippen LogP contribution in [0.1, 0.15) is 90.9 Å². The van der Waals surface area contributed by atoms with Gasteiger partial charge >= 0.3 is 5.97 Å². The monoisotopic (exact) mass is 612 g/mol. The second kappa shape index (κ2) is 16.1. The van der Waals surface area contributed by atoms with Gasteiger partial charge in [0.05, 0.1) is 31.7 Å². The molecule has 2 aliphatic heterocycles. The number of esters is 1. The third-order valence-electron chi connectivity index (χ3n) is 9.10. The van der Waals surface area contributed by atoms with Crippen molar-refractivity contribution in [2.75, 3.05) is 26.6 Å². The second-order valence-electron chi connectivity index (χ2n) is 12.4. The van der Waals surface area contributed by atoms with E-state index in [9.17, 15) is 13.2 Å². The number of hydrogen-bond acceptors (Lipinski definition) is 9. The summed E-state index contributed by atoms with van der Waals surface area (Å²) >= 11 is 0. The first-order chi connectivity index (χ1) is 20.2. The van der Waals surface area contributed by atoms with Crippen LogP contribution >= 0.6 is 0 Å². The normalized spacial score (nSPS) is 32.3. The van der Waals surface area contributed by atoms with E-state index in [2.05, 4.69) is 25.2 Å². The molecule has 9 unspecified atom stereocenters. The molecule has 0 amide bonds. The van der Waals surface area contributed by atoms with Crippen molar-refractivity contribution in [2.45, 2.75) is 122 Å². The van der Waals surface area contributed by atoms with Crippen LogP contribution in [-0.2, 0) is 42.8 Å². The van der Waals surface area contributed by atoms with Gasteiger partial charge in [0, 0.05) is 19.1 Å². The van der Waals surface area contributed by atoms with Crippen LogP contribution in [0.5, 0.6) is 0 Å². The molecular weight excluding hydrogens is 560 g/mol. The van der Waals surface area contributed by atoms with Crippen LogP contribution in [-0.4, -0.2) is 71.9 Å². The van der Waals surface area contributed by atoms with Crippen molar-refractivity contribution < 1.29 is 41.1 Å². The van der Waals surface area contributed by atoms with Crippen molar-refractivity contribution >= 4 is 16.1 Å². The van der Waals surface area contributed by atoms with Gasteiger partial charge < -0.3 is 23.7 Å². The molecule has 0 spiro atoms. The van der Waals surface area contributed by atoms with Gasteiger partial charge in [-0.25, -0.2) is 0 Å². The van der Waals surface area contributed by atoms with Gasteiger partial charge in [-0.05, 0) is 76.5 Å². The van der Waals surface area contributed by atoms with Crippen LogP contribution in [0.3, 0.4) is 0 Å². The van der Waals surface area contributed by atoms with E-state index in [1.807, 2.05) is 0 Å². The number of rotatable bonds is 15. The highest BCUT2D eigenvalue weighted by Crippen LogP contribution is 2.51. The van der Waals surface area contributed by atoms with E-state index < -0.39 is 28.1 Å². The molecular formula is C32H52O9S. The van der Waals surface area contributed by atoms with E-state index in [4.69, 9.17) is 27.9 Å². The fourth-order valence-electron chi connectivity index (χ4n) is 7.09. The summed E-state index contributed by atoms with van der Waals surface area (Å²) in [6, 6.07) is 0. The van der Waals surface area contributed by atoms with E-state index in [-0.39, 0.29) is 42.5 Å². The zero-order valence-electron chi connectivity index (χ0n) is 25.9. The average molecular weight is 613 g/mol. The highest BCUT2D eigenvalue weighted by molar-refractivity contribution is 7.86. The minimum Gasteiger partial charge on any atom is -0.468 e. The van der Waals surface area contributed by atoms with Crippen molar-refractivity contribution in [1.82, 2.24) is 0 Å². The number of allylic oxidation sites excluding steroid dienone is 1. The molecule has 2 heterocycles. The van der Waals surface area contributed by atoms with E-state index >= 15 is 0 Å². The number of carbonyl (C=O) groups excluding carboxylic acids is 1. The topological polar surface area (TPSA) is 107 Å². The Morgan fingerprint density at radius 2 is 1.81 bits per heavy atom. The van der Waals surface area contributed by atoms with E-state index in [0.29, 0.717) is 6.42 Å². The lowest BCUT2D eigenvalue weighted by Crippen LogP contribution is -2.33. The molecule has 0 N–H and O–H groups in total. The molecule has 9 nitrogen and oxygen atoms in total. The highest BCUT2D eigenvalue weighted by atomic mass is 32.2. The fourth-order valence-corrected chi connectivity index (χ4v) is 7.75. The Bertz CT molecular complexity index is 1010. The zero-order valence-corrected chi connectivity index (χ0v) is 26.7. The summed E-state index contributed by atoms with van der Waals surface area (Å²) in [5, 5.41) is 0. The number of fused-ring (bicyclic) bond motifs is 1. The third kappa shape index (κ3) is 9.60. The molecule has 42 heavy (non-hydrogen) atoms. The largest absolute Gasteiger partial charge is 0.468 e. The van der Waals surface area contributed by atoms with Crippen molar-refractivity contribution in [3.8, 4) is 0 Å². The number of hydrogen-bond donors (Lipinski definition) is 0. The minimum absolute atomic E-state index is 0.0133. The average Bonchev–Trinajstić information content (AvgIpc) is 3.49. The lowest BCUT2D eigenvalue weighted by molar-refractivity contribution is -0.193. The smallest absolute Gasteiger partial charge is 0.315 e. The maximum Gasteiger partial charge on any atom is 0.315 e. The number of ether oxygens (including phenoxy) is 5. The Hall–Kier alpha value is -1.30. The van der Waals surface area contributed by atoms with Crippen LogP contribution in [0.2, 0.25) is 0 Å². The Morgan fingerprint density at radius 1 is 1.10 bits per heavy atom. The van der Waals surface area contributed by atoms with Crippen molar-refractivity contribution in [3.05, 3.63) is 23.8 Å². The van der Waals surface area contributed by atoms with Crippen LogP contribution in [0.15, 0.2) is 23.8 Å². The Kier molecular flexibility index (Phi) is 12.9. The lowest BCUT2D eigenvalue weighted by atomic mass is 9.85. The first-order valence-electron chi connectivity index (χ1n) is 16.1. The van der Waals surface area contributed by atoms with Crippen molar-refractivity contribution in [2.24, 2.45) is 23.7 Å². The van der Waals surface area contributed by atoms with Gasteiger partial charge in [0.1, 0.15) is 5.92 Å². The Labute approximate surface area is 252 Å². The van der Waals surface area contributed by atoms with Crippen molar-refractivity contribution in [1.29, 1.82) is 0 Å². The molecule has 0 aromatic rings. The maximum atomic E-state index is 12.9. The summed E-state index contributed by atoms with van der Waals surface area (Å²) in [6.45, 7) is 5.30. The second-order valence-corrected chi connectivity index (χ2v) is 14.0. The van der Waals surface area contributed by atoms with Gasteiger partial charge in [-0.3, -0.25) is 8.98 Å². The third-order valence-corrected chi connectivity index (χ3v) is 9.75. The summed E-state index contributed by atoms with van der Waals surface area (Å²) in [5.41, 5.74) is 0.880. The predicted molar refractivity (Wildman–Crippen MR) is 159 cm³/mol. The molecule has 4 rings (SSSR count). The van der Waals surface area contributed by atoms with Crippen molar-refractivity contribution in [3.63, 3.8) is 0 Å². The molecule has 10 heteroatoms. The standard InChI is InChI=1S/C32H52O9S/c1-5-6-7-12-25(39-29-13-8-10-17-37-29)15-16-26-27-20-24(31(32(33)36-3)22(2)41-42(4,34)35)19-23(27)21-28(26)40-30-14-9-11-18-38-30/h15-16,19,22-23,25-31H,5-14,17-18,20-21H2,1-4H3. The van der Waals surface area contributed by atoms with Gasteiger partial charge in [-0.15, -0.1) is 0 Å². The first-order valence-corrected chi connectivity index (χ1v) is 17.9. The van der Waals surface area contributed by atoms with Crippen LogP contribution in [0, 0.1) is 23.7 Å². The molecule has 3 fully saturated rings. The molecule has 0 radical (unpaired) electrons. The molecule has 2 aliphatic carbocycles. The molecule has 1 saturated carbocycles. The van der Waals surface area contributed by atoms with Crippen LogP contribution < -0.4 is 0 Å². The summed E-state index contributed by atoms with van der Waals surface area (Å²) in [5.74, 6) is -0.755. The first kappa shape index (κ1) is 33.6. The highest BCUT2D eigenvalue weighted by Gasteiger charge is 2.48. The summed E-state index contributed by atoms with van der Waals surface area (Å²) in [4.78, 5) is 12.9. The maximum absolute atomic E-state index is 12.9. The van der Waals surface area contributed by atoms with E-state index in [0.717, 1.165) is 95.7 Å². The molecule has 0 aromatic heterocycles. The Balaban J connectivity index is 1.53. The fraction of sp³-hybridized carbons (Fsp3) is 0.844. The van der Waals surface area contributed by atoms with Gasteiger partial charge in [-0.1, -0.05) is 50.0 Å². The zero-order chi connectivity index (χ0) is 30.1. The van der Waals surface area contributed by atoms with Crippen LogP contribution in [0.4, 0.5) is 0 Å². The SMILES string of the molecule is CCCCCC(C=CC1C(OC2CCCCO2)CC2C=C(C(C(=O)OC)C(C)OS(C)(=O)=O)CC21)OC1CCCCO1. The van der Waals surface area contributed by atoms with E-state index in [1.54, 1.807) is 6.92 Å². The minimum atomic E-state index is -3.74. The summed E-state index contributed by atoms with van der Waals surface area (Å²) in [6.07, 6.45) is 18.4. The number of carbonyl (C=O) groups is 1. The summed E-state index contributed by atoms with van der Waals surface area (Å²) in [7, 11) is -2.41. The van der Waals surface area contributed by atoms with Gasteiger partial charge in [0.2, 0.25) is 0 Å². The predicted octanol–water partition coefficient (Wildman–Crippen LogP) is 5.68. The molecule has 2 saturated heterocycles. The molecule has 9 atom stereocenters. The molecule has 0 aromatic carbocycles. The van der Waals surface area contributed by atoms with E-state index in [1.165, 1.54) is 7.11 Å². The lowest BCUT2D eigenvalue weighted by Gasteiger charge is -2.30. The van der Waals surface area contributed by atoms with Gasteiger partial charge in [0.25, 0.3) is 10.1 Å². The molecule has 0 bridgehead atoms. The van der Waals surface area contributed by atoms with Crippen LogP contribution in [0.25, 0.3) is 0 Å². The molecule has 4 aliphatic rings. The molecule has 240 valence electrons. The summed E-state index contributed by atoms with van der Waals surface area (Å²) < 4.78 is 59.0. The van der Waals surface area contributed by atoms with Gasteiger partial charge in [0.15, 0.2) is 12.6 Å². The Morgan fingerprint density at radius 3 is 2.43 bits per heavy atom. The number of methoxy groups -OCH3 is 1.